The zero-order valence-electron chi connectivity index (χ0n) is 13.7. The minimum absolute atomic E-state index is 0.217. The SMILES string of the molecule is O=C(NC(NC(=S)Nc1cccc2ccccc12)C(Cl)(Cl)Cl)c1cccs1. The number of rotatable bonds is 4. The number of thiocarbonyl (C=S) groups is 1. The maximum absolute atomic E-state index is 12.3. The lowest BCUT2D eigenvalue weighted by atomic mass is 10.1. The summed E-state index contributed by atoms with van der Waals surface area (Å²) in [6.07, 6.45) is -1.02. The number of hydrogen-bond donors (Lipinski definition) is 3. The lowest BCUT2D eigenvalue weighted by molar-refractivity contribution is 0.0938. The van der Waals surface area contributed by atoms with Gasteiger partial charge in [-0.15, -0.1) is 11.3 Å². The lowest BCUT2D eigenvalue weighted by Crippen LogP contribution is -2.56. The van der Waals surface area contributed by atoms with Crippen molar-refractivity contribution in [2.75, 3.05) is 5.32 Å². The average molecular weight is 459 g/mol. The molecular weight excluding hydrogens is 445 g/mol. The molecule has 1 aromatic heterocycles. The van der Waals surface area contributed by atoms with Crippen LogP contribution in [0.2, 0.25) is 0 Å². The zero-order chi connectivity index (χ0) is 19.4. The minimum atomic E-state index is -1.81. The van der Waals surface area contributed by atoms with Crippen LogP contribution in [-0.2, 0) is 0 Å². The van der Waals surface area contributed by atoms with Crippen LogP contribution in [0.5, 0.6) is 0 Å². The molecule has 0 bridgehead atoms. The highest BCUT2D eigenvalue weighted by Gasteiger charge is 2.35. The quantitative estimate of drug-likeness (QED) is 0.281. The summed E-state index contributed by atoms with van der Waals surface area (Å²) in [6.45, 7) is 0. The number of fused-ring (bicyclic) bond motifs is 1. The molecule has 0 spiro atoms. The third-order valence-corrected chi connectivity index (χ3v) is 5.40. The van der Waals surface area contributed by atoms with Gasteiger partial charge < -0.3 is 16.0 Å². The third-order valence-electron chi connectivity index (χ3n) is 3.66. The van der Waals surface area contributed by atoms with Gasteiger partial charge in [-0.2, -0.15) is 0 Å². The van der Waals surface area contributed by atoms with E-state index in [4.69, 9.17) is 47.0 Å². The number of thiophene rings is 1. The van der Waals surface area contributed by atoms with Crippen LogP contribution in [0, 0.1) is 0 Å². The molecule has 2 aromatic carbocycles. The Labute approximate surface area is 180 Å². The van der Waals surface area contributed by atoms with Gasteiger partial charge in [0.05, 0.1) is 4.88 Å². The molecule has 1 amide bonds. The molecule has 0 aliphatic heterocycles. The van der Waals surface area contributed by atoms with Crippen molar-refractivity contribution in [2.45, 2.75) is 9.96 Å². The van der Waals surface area contributed by atoms with Crippen molar-refractivity contribution in [3.63, 3.8) is 0 Å². The fourth-order valence-electron chi connectivity index (χ4n) is 2.43. The first kappa shape index (κ1) is 20.2. The van der Waals surface area contributed by atoms with Crippen molar-refractivity contribution in [3.8, 4) is 0 Å². The van der Waals surface area contributed by atoms with Gasteiger partial charge in [0, 0.05) is 11.1 Å². The fourth-order valence-corrected chi connectivity index (χ4v) is 3.62. The number of alkyl halides is 3. The summed E-state index contributed by atoms with van der Waals surface area (Å²) in [6, 6.07) is 17.1. The second-order valence-electron chi connectivity index (χ2n) is 5.55. The zero-order valence-corrected chi connectivity index (χ0v) is 17.6. The summed E-state index contributed by atoms with van der Waals surface area (Å²) >= 11 is 24.7. The van der Waals surface area contributed by atoms with E-state index in [1.54, 1.807) is 17.5 Å². The summed E-state index contributed by atoms with van der Waals surface area (Å²) in [5.41, 5.74) is 0.804. The van der Waals surface area contributed by atoms with E-state index < -0.39 is 9.96 Å². The van der Waals surface area contributed by atoms with E-state index in [1.165, 1.54) is 11.3 Å². The number of nitrogens with one attached hydrogen (secondary N) is 3. The monoisotopic (exact) mass is 457 g/mol. The molecule has 27 heavy (non-hydrogen) atoms. The Balaban J connectivity index is 1.73. The van der Waals surface area contributed by atoms with Crippen molar-refractivity contribution in [1.29, 1.82) is 0 Å². The van der Waals surface area contributed by atoms with E-state index >= 15 is 0 Å². The van der Waals surface area contributed by atoms with Gasteiger partial charge in [0.25, 0.3) is 5.91 Å². The van der Waals surface area contributed by atoms with Crippen molar-refractivity contribution < 1.29 is 4.79 Å². The van der Waals surface area contributed by atoms with Gasteiger partial charge in [0.2, 0.25) is 3.79 Å². The molecule has 0 aliphatic rings. The van der Waals surface area contributed by atoms with E-state index in [2.05, 4.69) is 16.0 Å². The predicted molar refractivity (Wildman–Crippen MR) is 119 cm³/mol. The number of carbonyl (C=O) groups excluding carboxylic acids is 1. The molecule has 0 radical (unpaired) electrons. The largest absolute Gasteiger partial charge is 0.339 e. The van der Waals surface area contributed by atoms with Gasteiger partial charge in [-0.1, -0.05) is 77.3 Å². The molecule has 1 unspecified atom stereocenters. The van der Waals surface area contributed by atoms with Crippen LogP contribution in [0.15, 0.2) is 60.0 Å². The highest BCUT2D eigenvalue weighted by molar-refractivity contribution is 7.80. The number of benzene rings is 2. The predicted octanol–water partition coefficient (Wildman–Crippen LogP) is 5.31. The Bertz CT molecular complexity index is 953. The maximum Gasteiger partial charge on any atom is 0.263 e. The van der Waals surface area contributed by atoms with Crippen molar-refractivity contribution in [1.82, 2.24) is 10.6 Å². The highest BCUT2D eigenvalue weighted by Crippen LogP contribution is 2.30. The lowest BCUT2D eigenvalue weighted by Gasteiger charge is -2.27. The van der Waals surface area contributed by atoms with Crippen LogP contribution in [-0.4, -0.2) is 21.0 Å². The molecule has 0 saturated carbocycles. The third kappa shape index (κ3) is 5.24. The number of anilines is 1. The molecule has 3 aromatic rings. The fraction of sp³-hybridized carbons (Fsp3) is 0.111. The average Bonchev–Trinajstić information content (AvgIpc) is 3.15. The van der Waals surface area contributed by atoms with E-state index in [0.717, 1.165) is 16.5 Å². The van der Waals surface area contributed by atoms with E-state index in [9.17, 15) is 4.79 Å². The van der Waals surface area contributed by atoms with Crippen LogP contribution < -0.4 is 16.0 Å². The molecule has 3 rings (SSSR count). The molecule has 9 heteroatoms. The Morgan fingerprint density at radius 1 is 1.00 bits per heavy atom. The molecule has 0 fully saturated rings. The molecular formula is C18H14Cl3N3OS2. The normalized spacial score (nSPS) is 12.4. The van der Waals surface area contributed by atoms with Gasteiger partial charge in [0.15, 0.2) is 5.11 Å². The minimum Gasteiger partial charge on any atom is -0.339 e. The summed E-state index contributed by atoms with van der Waals surface area (Å²) in [5.74, 6) is -0.359. The van der Waals surface area contributed by atoms with E-state index in [0.29, 0.717) is 4.88 Å². The molecule has 140 valence electrons. The highest BCUT2D eigenvalue weighted by atomic mass is 35.6. The molecule has 3 N–H and O–H groups in total. The van der Waals surface area contributed by atoms with Gasteiger partial charge in [-0.3, -0.25) is 4.79 Å². The van der Waals surface area contributed by atoms with Gasteiger partial charge in [0.1, 0.15) is 6.17 Å². The summed E-state index contributed by atoms with van der Waals surface area (Å²) in [7, 11) is 0. The smallest absolute Gasteiger partial charge is 0.263 e. The van der Waals surface area contributed by atoms with E-state index in [1.807, 2.05) is 42.5 Å². The Hall–Kier alpha value is -1.57. The van der Waals surface area contributed by atoms with Crippen molar-refractivity contribution in [2.24, 2.45) is 0 Å². The molecule has 1 heterocycles. The van der Waals surface area contributed by atoms with Crippen LogP contribution in [0.4, 0.5) is 5.69 Å². The first-order valence-corrected chi connectivity index (χ1v) is 10.2. The first-order chi connectivity index (χ1) is 12.8. The number of carbonyl (C=O) groups is 1. The van der Waals surface area contributed by atoms with Gasteiger partial charge in [-0.05, 0) is 35.1 Å². The van der Waals surface area contributed by atoms with E-state index in [-0.39, 0.29) is 11.0 Å². The summed E-state index contributed by atoms with van der Waals surface area (Å²) in [4.78, 5) is 12.8. The Morgan fingerprint density at radius 2 is 1.74 bits per heavy atom. The summed E-state index contributed by atoms with van der Waals surface area (Å²) in [5, 5.41) is 12.7. The Kier molecular flexibility index (Phi) is 6.44. The van der Waals surface area contributed by atoms with Crippen molar-refractivity contribution >= 4 is 85.8 Å². The second kappa shape index (κ2) is 8.63. The molecule has 0 aliphatic carbocycles. The molecule has 0 saturated heterocycles. The van der Waals surface area contributed by atoms with Crippen LogP contribution in [0.25, 0.3) is 10.8 Å². The van der Waals surface area contributed by atoms with Crippen LogP contribution >= 0.6 is 58.4 Å². The van der Waals surface area contributed by atoms with Gasteiger partial charge in [-0.25, -0.2) is 0 Å². The van der Waals surface area contributed by atoms with Crippen LogP contribution in [0.1, 0.15) is 9.67 Å². The van der Waals surface area contributed by atoms with Crippen LogP contribution in [0.3, 0.4) is 0 Å². The maximum atomic E-state index is 12.3. The van der Waals surface area contributed by atoms with Crippen molar-refractivity contribution in [3.05, 3.63) is 64.9 Å². The topological polar surface area (TPSA) is 53.2 Å². The number of amides is 1. The number of hydrogen-bond acceptors (Lipinski definition) is 3. The number of halogens is 3. The van der Waals surface area contributed by atoms with Gasteiger partial charge >= 0.3 is 0 Å². The summed E-state index contributed by atoms with van der Waals surface area (Å²) < 4.78 is -1.81. The standard InChI is InChI=1S/C18H14Cl3N3OS2/c19-18(20,21)16(23-15(25)14-9-4-10-27-14)24-17(26)22-13-8-3-6-11-5-1-2-7-12(11)13/h1-10,16H,(H,23,25)(H2,22,24,26). The first-order valence-electron chi connectivity index (χ1n) is 7.81. The molecule has 1 atom stereocenters. The molecule has 4 nitrogen and oxygen atoms in total. The Morgan fingerprint density at radius 3 is 2.44 bits per heavy atom. The second-order valence-corrected chi connectivity index (χ2v) is 9.28.